The Balaban J connectivity index is 2.50. The Morgan fingerprint density at radius 3 is 1.96 bits per heavy atom. The van der Waals surface area contributed by atoms with E-state index in [0.717, 1.165) is 12.8 Å². The molecular weight excluding hydrogens is 308 g/mol. The standard InChI is InChI=1S/C19H30O5/c1-4-5-6-7-8-9-10-11-12-24-18-14(3)13(2)15(19(22)23)16(20)17(18)21/h20-21H,4-12H2,1-3H3,(H,22,23). The van der Waals surface area contributed by atoms with Crippen LogP contribution < -0.4 is 4.74 Å². The maximum atomic E-state index is 11.2. The first-order valence-corrected chi connectivity index (χ1v) is 8.82. The molecule has 136 valence electrons. The number of benzene rings is 1. The average molecular weight is 338 g/mol. The monoisotopic (exact) mass is 338 g/mol. The van der Waals surface area contributed by atoms with Gasteiger partial charge in [-0.1, -0.05) is 51.9 Å². The van der Waals surface area contributed by atoms with Gasteiger partial charge in [-0.25, -0.2) is 4.79 Å². The lowest BCUT2D eigenvalue weighted by atomic mass is 10.00. The van der Waals surface area contributed by atoms with E-state index in [-0.39, 0.29) is 11.3 Å². The van der Waals surface area contributed by atoms with Crippen LogP contribution in [0.5, 0.6) is 17.2 Å². The number of carboxylic acids is 1. The van der Waals surface area contributed by atoms with Gasteiger partial charge in [-0.05, 0) is 31.4 Å². The number of aromatic hydroxyl groups is 2. The summed E-state index contributed by atoms with van der Waals surface area (Å²) in [7, 11) is 0. The number of rotatable bonds is 11. The van der Waals surface area contributed by atoms with E-state index in [0.29, 0.717) is 17.7 Å². The lowest BCUT2D eigenvalue weighted by Crippen LogP contribution is -2.06. The normalized spacial score (nSPS) is 10.8. The zero-order chi connectivity index (χ0) is 18.1. The number of carbonyl (C=O) groups is 1. The minimum absolute atomic E-state index is 0.179. The van der Waals surface area contributed by atoms with Gasteiger partial charge in [0, 0.05) is 0 Å². The summed E-state index contributed by atoms with van der Waals surface area (Å²) < 4.78 is 5.61. The second kappa shape index (κ2) is 10.1. The Hall–Kier alpha value is -1.91. The Kier molecular flexibility index (Phi) is 8.44. The highest BCUT2D eigenvalue weighted by atomic mass is 16.5. The lowest BCUT2D eigenvalue weighted by Gasteiger charge is -2.16. The summed E-state index contributed by atoms with van der Waals surface area (Å²) in [6, 6.07) is 0. The number of phenols is 2. The zero-order valence-electron chi connectivity index (χ0n) is 15.0. The van der Waals surface area contributed by atoms with E-state index in [9.17, 15) is 15.0 Å². The van der Waals surface area contributed by atoms with Crippen molar-refractivity contribution in [1.29, 1.82) is 0 Å². The van der Waals surface area contributed by atoms with Gasteiger partial charge < -0.3 is 20.1 Å². The molecule has 0 aliphatic rings. The van der Waals surface area contributed by atoms with Gasteiger partial charge in [0.25, 0.3) is 0 Å². The van der Waals surface area contributed by atoms with Crippen LogP contribution in [0.25, 0.3) is 0 Å². The number of phenolic OH excluding ortho intramolecular Hbond substituents is 1. The Morgan fingerprint density at radius 2 is 1.42 bits per heavy atom. The molecule has 1 rings (SSSR count). The van der Waals surface area contributed by atoms with Crippen molar-refractivity contribution in [3.8, 4) is 17.2 Å². The van der Waals surface area contributed by atoms with Crippen molar-refractivity contribution in [2.24, 2.45) is 0 Å². The maximum absolute atomic E-state index is 11.2. The molecule has 0 amide bonds. The van der Waals surface area contributed by atoms with Crippen molar-refractivity contribution >= 4 is 5.97 Å². The number of unbranched alkanes of at least 4 members (excludes halogenated alkanes) is 7. The summed E-state index contributed by atoms with van der Waals surface area (Å²) >= 11 is 0. The van der Waals surface area contributed by atoms with E-state index in [1.165, 1.54) is 38.5 Å². The molecule has 0 fully saturated rings. The Bertz CT molecular complexity index is 522. The van der Waals surface area contributed by atoms with Crippen molar-refractivity contribution in [3.63, 3.8) is 0 Å². The molecular formula is C19H30O5. The van der Waals surface area contributed by atoms with Crippen molar-refractivity contribution in [3.05, 3.63) is 16.7 Å². The molecule has 3 N–H and O–H groups in total. The molecule has 1 aromatic rings. The van der Waals surface area contributed by atoms with Crippen LogP contribution in [0.2, 0.25) is 0 Å². The van der Waals surface area contributed by atoms with E-state index in [4.69, 9.17) is 9.84 Å². The minimum Gasteiger partial charge on any atom is -0.504 e. The molecule has 0 aromatic heterocycles. The third kappa shape index (κ3) is 5.32. The van der Waals surface area contributed by atoms with Gasteiger partial charge in [-0.15, -0.1) is 0 Å². The van der Waals surface area contributed by atoms with Crippen LogP contribution in [0.3, 0.4) is 0 Å². The summed E-state index contributed by atoms with van der Waals surface area (Å²) in [5, 5.41) is 29.0. The van der Waals surface area contributed by atoms with Crippen molar-refractivity contribution in [1.82, 2.24) is 0 Å². The topological polar surface area (TPSA) is 87.0 Å². The molecule has 0 heterocycles. The van der Waals surface area contributed by atoms with Gasteiger partial charge in [0.2, 0.25) is 5.75 Å². The number of hydrogen-bond donors (Lipinski definition) is 3. The van der Waals surface area contributed by atoms with E-state index in [1.807, 2.05) is 0 Å². The SMILES string of the molecule is CCCCCCCCCCOc1c(C)c(C)c(C(=O)O)c(O)c1O. The first kappa shape index (κ1) is 20.1. The highest BCUT2D eigenvalue weighted by molar-refractivity contribution is 5.95. The zero-order valence-corrected chi connectivity index (χ0v) is 15.0. The molecule has 0 aliphatic heterocycles. The van der Waals surface area contributed by atoms with Gasteiger partial charge in [0.15, 0.2) is 11.5 Å². The predicted molar refractivity (Wildman–Crippen MR) is 94.3 cm³/mol. The quantitative estimate of drug-likeness (QED) is 0.393. The molecule has 24 heavy (non-hydrogen) atoms. The minimum atomic E-state index is -1.27. The van der Waals surface area contributed by atoms with Crippen molar-refractivity contribution in [2.45, 2.75) is 72.1 Å². The van der Waals surface area contributed by atoms with Gasteiger partial charge in [-0.2, -0.15) is 0 Å². The summed E-state index contributed by atoms with van der Waals surface area (Å²) in [5.41, 5.74) is 0.676. The predicted octanol–water partition coefficient (Wildman–Crippen LogP) is 4.93. The molecule has 0 atom stereocenters. The Morgan fingerprint density at radius 1 is 0.875 bits per heavy atom. The number of carboxylic acid groups (broad SMARTS) is 1. The van der Waals surface area contributed by atoms with Crippen LogP contribution in [0.1, 0.15) is 79.8 Å². The smallest absolute Gasteiger partial charge is 0.339 e. The van der Waals surface area contributed by atoms with Crippen LogP contribution in [0.15, 0.2) is 0 Å². The third-order valence-electron chi connectivity index (χ3n) is 4.41. The molecule has 0 unspecified atom stereocenters. The average Bonchev–Trinajstić information content (AvgIpc) is 2.54. The molecule has 5 heteroatoms. The molecule has 0 saturated heterocycles. The van der Waals surface area contributed by atoms with E-state index < -0.39 is 17.5 Å². The van der Waals surface area contributed by atoms with Crippen LogP contribution in [-0.2, 0) is 0 Å². The van der Waals surface area contributed by atoms with Gasteiger partial charge >= 0.3 is 5.97 Å². The Labute approximate surface area is 144 Å². The fourth-order valence-electron chi connectivity index (χ4n) is 2.79. The van der Waals surface area contributed by atoms with Crippen LogP contribution >= 0.6 is 0 Å². The summed E-state index contributed by atoms with van der Waals surface area (Å²) in [6.07, 6.45) is 9.46. The van der Waals surface area contributed by atoms with Crippen LogP contribution in [-0.4, -0.2) is 27.9 Å². The number of aromatic carboxylic acids is 1. The van der Waals surface area contributed by atoms with Crippen LogP contribution in [0, 0.1) is 13.8 Å². The summed E-state index contributed by atoms with van der Waals surface area (Å²) in [5.74, 6) is -2.21. The lowest BCUT2D eigenvalue weighted by molar-refractivity contribution is 0.0691. The number of ether oxygens (including phenoxy) is 1. The first-order chi connectivity index (χ1) is 11.4. The molecule has 1 aromatic carbocycles. The second-order valence-electron chi connectivity index (χ2n) is 6.28. The highest BCUT2D eigenvalue weighted by Crippen LogP contribution is 2.43. The summed E-state index contributed by atoms with van der Waals surface area (Å²) in [6.45, 7) is 5.93. The molecule has 5 nitrogen and oxygen atoms in total. The first-order valence-electron chi connectivity index (χ1n) is 8.82. The molecule has 0 saturated carbocycles. The fraction of sp³-hybridized carbons (Fsp3) is 0.632. The summed E-state index contributed by atoms with van der Waals surface area (Å²) in [4.78, 5) is 11.2. The van der Waals surface area contributed by atoms with Crippen molar-refractivity contribution in [2.75, 3.05) is 6.61 Å². The largest absolute Gasteiger partial charge is 0.504 e. The maximum Gasteiger partial charge on any atom is 0.339 e. The molecule has 0 radical (unpaired) electrons. The number of hydrogen-bond acceptors (Lipinski definition) is 4. The third-order valence-corrected chi connectivity index (χ3v) is 4.41. The van der Waals surface area contributed by atoms with Gasteiger partial charge in [0.1, 0.15) is 5.56 Å². The molecule has 0 bridgehead atoms. The van der Waals surface area contributed by atoms with E-state index in [1.54, 1.807) is 13.8 Å². The second-order valence-corrected chi connectivity index (χ2v) is 6.28. The molecule has 0 aliphatic carbocycles. The molecule has 0 spiro atoms. The van der Waals surface area contributed by atoms with Gasteiger partial charge in [0.05, 0.1) is 6.61 Å². The fourth-order valence-corrected chi connectivity index (χ4v) is 2.79. The van der Waals surface area contributed by atoms with E-state index in [2.05, 4.69) is 6.92 Å². The highest BCUT2D eigenvalue weighted by Gasteiger charge is 2.24. The van der Waals surface area contributed by atoms with Crippen LogP contribution in [0.4, 0.5) is 0 Å². The van der Waals surface area contributed by atoms with E-state index >= 15 is 0 Å². The van der Waals surface area contributed by atoms with Gasteiger partial charge in [-0.3, -0.25) is 0 Å². The van der Waals surface area contributed by atoms with Crippen molar-refractivity contribution < 1.29 is 24.9 Å².